The van der Waals surface area contributed by atoms with Crippen molar-refractivity contribution in [3.63, 3.8) is 0 Å². The number of hydrogen-bond acceptors (Lipinski definition) is 3. The molecule has 1 atom stereocenters. The Balaban J connectivity index is 3.12. The Labute approximate surface area is 73.0 Å². The monoisotopic (exact) mass is 204 g/mol. The SMILES string of the molecule is Cc1c[pH]c2ssc(=S)c12. The van der Waals surface area contributed by atoms with Crippen molar-refractivity contribution in [3.05, 3.63) is 15.2 Å². The molecule has 0 aliphatic heterocycles. The molecule has 0 spiro atoms. The Hall–Kier alpha value is 0.310. The second-order valence-electron chi connectivity index (χ2n) is 2.13. The summed E-state index contributed by atoms with van der Waals surface area (Å²) in [7, 11) is 4.45. The van der Waals surface area contributed by atoms with Crippen LogP contribution in [-0.4, -0.2) is 0 Å². The third kappa shape index (κ3) is 0.892. The molecule has 0 bridgehead atoms. The van der Waals surface area contributed by atoms with Gasteiger partial charge in [-0.2, -0.15) is 0 Å². The van der Waals surface area contributed by atoms with Crippen LogP contribution in [0, 0.1) is 10.7 Å². The molecule has 0 N–H and O–H groups in total. The molecule has 10 heavy (non-hydrogen) atoms. The molecule has 0 amide bonds. The fourth-order valence-corrected chi connectivity index (χ4v) is 5.78. The lowest BCUT2D eigenvalue weighted by Gasteiger charge is -1.77. The second kappa shape index (κ2) is 2.42. The van der Waals surface area contributed by atoms with E-state index in [0.29, 0.717) is 0 Å². The van der Waals surface area contributed by atoms with Gasteiger partial charge >= 0.3 is 0 Å². The maximum atomic E-state index is 5.18. The van der Waals surface area contributed by atoms with Crippen LogP contribution in [-0.2, 0) is 0 Å². The lowest BCUT2D eigenvalue weighted by molar-refractivity contribution is 1.61. The minimum absolute atomic E-state index is 0.881. The van der Waals surface area contributed by atoms with Crippen LogP contribution >= 0.6 is 41.1 Å². The summed E-state index contributed by atoms with van der Waals surface area (Å²) >= 11 is 5.18. The Morgan fingerprint density at radius 1 is 1.50 bits per heavy atom. The van der Waals surface area contributed by atoms with Crippen LogP contribution < -0.4 is 0 Å². The van der Waals surface area contributed by atoms with E-state index in [4.69, 9.17) is 12.2 Å². The van der Waals surface area contributed by atoms with Crippen LogP contribution in [0.15, 0.2) is 5.80 Å². The zero-order valence-electron chi connectivity index (χ0n) is 5.30. The second-order valence-corrected chi connectivity index (χ2v) is 6.39. The number of hydrogen-bond donors (Lipinski definition) is 0. The molecule has 0 aromatic carbocycles. The first-order valence-corrected chi connectivity index (χ1v) is 6.49. The molecule has 0 aliphatic rings. The maximum Gasteiger partial charge on any atom is 0.110 e. The summed E-state index contributed by atoms with van der Waals surface area (Å²) in [6.07, 6.45) is 0. The minimum Gasteiger partial charge on any atom is -0.120 e. The molecule has 2 heterocycles. The van der Waals surface area contributed by atoms with Crippen molar-refractivity contribution < 1.29 is 0 Å². The van der Waals surface area contributed by atoms with Gasteiger partial charge in [0.1, 0.15) is 3.82 Å². The quantitative estimate of drug-likeness (QED) is 0.461. The highest BCUT2D eigenvalue weighted by Crippen LogP contribution is 2.37. The molecule has 0 radical (unpaired) electrons. The van der Waals surface area contributed by atoms with Crippen molar-refractivity contribution >= 4 is 50.9 Å². The molecule has 0 saturated carbocycles. The largest absolute Gasteiger partial charge is 0.120 e. The van der Waals surface area contributed by atoms with E-state index >= 15 is 0 Å². The normalized spacial score (nSPS) is 11.7. The van der Waals surface area contributed by atoms with E-state index in [-0.39, 0.29) is 0 Å². The minimum atomic E-state index is 0.881. The van der Waals surface area contributed by atoms with Gasteiger partial charge in [-0.15, -0.1) is 8.19 Å². The van der Waals surface area contributed by atoms with E-state index in [9.17, 15) is 0 Å². The van der Waals surface area contributed by atoms with Crippen LogP contribution in [0.4, 0.5) is 0 Å². The van der Waals surface area contributed by atoms with Gasteiger partial charge in [0.15, 0.2) is 0 Å². The third-order valence-corrected chi connectivity index (χ3v) is 6.47. The van der Waals surface area contributed by atoms with E-state index in [2.05, 4.69) is 12.7 Å². The van der Waals surface area contributed by atoms with Crippen molar-refractivity contribution in [1.29, 1.82) is 0 Å². The lowest BCUT2D eigenvalue weighted by Crippen LogP contribution is -1.58. The molecular weight excluding hydrogens is 199 g/mol. The van der Waals surface area contributed by atoms with Gasteiger partial charge in [-0.3, -0.25) is 0 Å². The molecule has 0 saturated heterocycles. The third-order valence-electron chi connectivity index (χ3n) is 1.45. The highest BCUT2D eigenvalue weighted by molar-refractivity contribution is 7.83. The fourth-order valence-electron chi connectivity index (χ4n) is 0.938. The summed E-state index contributed by atoms with van der Waals surface area (Å²) < 4.78 is 2.58. The molecule has 0 aliphatic carbocycles. The van der Waals surface area contributed by atoms with Gasteiger partial charge in [-0.25, -0.2) is 0 Å². The standard InChI is InChI=1S/C6H5PS3/c1-3-2-7-5-4(3)6(8)10-9-5/h2,7H,1H3. The van der Waals surface area contributed by atoms with Gasteiger partial charge < -0.3 is 0 Å². The molecule has 0 nitrogen and oxygen atoms in total. The number of rotatable bonds is 0. The number of fused-ring (bicyclic) bond motifs is 1. The van der Waals surface area contributed by atoms with E-state index < -0.39 is 0 Å². The van der Waals surface area contributed by atoms with Crippen molar-refractivity contribution in [2.45, 2.75) is 6.92 Å². The smallest absolute Gasteiger partial charge is 0.110 e. The van der Waals surface area contributed by atoms with Gasteiger partial charge in [0.2, 0.25) is 0 Å². The van der Waals surface area contributed by atoms with Gasteiger partial charge in [0, 0.05) is 5.39 Å². The van der Waals surface area contributed by atoms with Gasteiger partial charge in [0.25, 0.3) is 0 Å². The highest BCUT2D eigenvalue weighted by Gasteiger charge is 2.01. The Morgan fingerprint density at radius 2 is 2.30 bits per heavy atom. The molecular formula is C6H5PS3. The first kappa shape index (κ1) is 6.99. The van der Waals surface area contributed by atoms with Crippen molar-refractivity contribution in [3.8, 4) is 0 Å². The van der Waals surface area contributed by atoms with Crippen molar-refractivity contribution in [2.75, 3.05) is 0 Å². The predicted octanol–water partition coefficient (Wildman–Crippen LogP) is 4.03. The predicted molar refractivity (Wildman–Crippen MR) is 54.8 cm³/mol. The van der Waals surface area contributed by atoms with Gasteiger partial charge in [-0.05, 0) is 18.3 Å². The average molecular weight is 204 g/mol. The summed E-state index contributed by atoms with van der Waals surface area (Å²) in [5.41, 5.74) is 1.39. The van der Waals surface area contributed by atoms with Crippen LogP contribution in [0.1, 0.15) is 5.56 Å². The summed E-state index contributed by atoms with van der Waals surface area (Å²) in [4.78, 5) is 0. The first-order chi connectivity index (χ1) is 4.79. The lowest BCUT2D eigenvalue weighted by atomic mass is 10.3. The Morgan fingerprint density at radius 3 is 3.00 bits per heavy atom. The maximum absolute atomic E-state index is 5.18. The summed E-state index contributed by atoms with van der Waals surface area (Å²) in [5, 5.41) is 1.36. The van der Waals surface area contributed by atoms with E-state index in [1.165, 1.54) is 15.4 Å². The average Bonchev–Trinajstić information content (AvgIpc) is 2.40. The fraction of sp³-hybridized carbons (Fsp3) is 0.167. The molecule has 4 heteroatoms. The summed E-state index contributed by atoms with van der Waals surface area (Å²) in [5.74, 6) is 2.28. The molecule has 52 valence electrons. The van der Waals surface area contributed by atoms with E-state index in [1.54, 1.807) is 10.3 Å². The molecule has 1 unspecified atom stereocenters. The van der Waals surface area contributed by atoms with Crippen LogP contribution in [0.3, 0.4) is 0 Å². The van der Waals surface area contributed by atoms with E-state index in [1.807, 2.05) is 10.3 Å². The summed E-state index contributed by atoms with van der Waals surface area (Å²) in [6, 6.07) is 0. The molecule has 0 fully saturated rings. The van der Waals surface area contributed by atoms with Crippen LogP contribution in [0.5, 0.6) is 0 Å². The Bertz CT molecular complexity index is 406. The topological polar surface area (TPSA) is 0 Å². The van der Waals surface area contributed by atoms with E-state index in [0.717, 1.165) is 12.0 Å². The zero-order chi connectivity index (χ0) is 7.14. The van der Waals surface area contributed by atoms with Crippen LogP contribution in [0.2, 0.25) is 0 Å². The Kier molecular flexibility index (Phi) is 1.69. The van der Waals surface area contributed by atoms with Crippen molar-refractivity contribution in [1.82, 2.24) is 0 Å². The highest BCUT2D eigenvalue weighted by atomic mass is 32.9. The zero-order valence-corrected chi connectivity index (χ0v) is 8.75. The van der Waals surface area contributed by atoms with Crippen LogP contribution in [0.25, 0.3) is 9.82 Å². The summed E-state index contributed by atoms with van der Waals surface area (Å²) in [6.45, 7) is 2.15. The molecule has 2 rings (SSSR count). The molecule has 2 aromatic heterocycles. The number of aryl methyl sites for hydroxylation is 1. The molecule has 2 aromatic rings. The van der Waals surface area contributed by atoms with Crippen molar-refractivity contribution in [2.24, 2.45) is 0 Å². The van der Waals surface area contributed by atoms with Gasteiger partial charge in [0.05, 0.1) is 4.43 Å². The first-order valence-electron chi connectivity index (χ1n) is 2.86. The van der Waals surface area contributed by atoms with Gasteiger partial charge in [-0.1, -0.05) is 32.9 Å².